The molecule has 0 radical (unpaired) electrons. The quantitative estimate of drug-likeness (QED) is 0.175. The number of hydrogen-bond acceptors (Lipinski definition) is 6. The van der Waals surface area contributed by atoms with E-state index in [-0.39, 0.29) is 0 Å². The molecule has 0 atom stereocenters. The summed E-state index contributed by atoms with van der Waals surface area (Å²) in [5, 5.41) is 6.28. The lowest BCUT2D eigenvalue weighted by atomic mass is 9.93. The van der Waals surface area contributed by atoms with Gasteiger partial charge >= 0.3 is 0 Å². The van der Waals surface area contributed by atoms with E-state index in [0.29, 0.717) is 17.5 Å². The van der Waals surface area contributed by atoms with Gasteiger partial charge in [-0.2, -0.15) is 0 Å². The molecule has 0 N–H and O–H groups in total. The van der Waals surface area contributed by atoms with E-state index in [9.17, 15) is 0 Å². The normalized spacial score (nSPS) is 11.9. The summed E-state index contributed by atoms with van der Waals surface area (Å²) in [4.78, 5) is 14.9. The van der Waals surface area contributed by atoms with Crippen molar-refractivity contribution in [3.05, 3.63) is 176 Å². The predicted octanol–water partition coefficient (Wildman–Crippen LogP) is 13.9. The smallest absolute Gasteiger partial charge is 0.167 e. The standard InChI is InChI=1S/C51H29N3O3/c1-3-13-30(14-4-1)49-52-50(31-15-5-2-6-16-31)54-51(53-49)40-22-12-21-38-36-26-25-32(28-44(36)57-48(38)40)41-27-33(29-45-46(41)39-18-8-10-24-43(39)55-45)34-19-11-20-37-35-17-7-9-23-42(35)56-47(34)37/h1-29H. The second kappa shape index (κ2) is 12.3. The molecule has 4 heterocycles. The van der Waals surface area contributed by atoms with E-state index >= 15 is 0 Å². The van der Waals surface area contributed by atoms with Crippen molar-refractivity contribution in [3.8, 4) is 56.4 Å². The zero-order chi connectivity index (χ0) is 37.5. The van der Waals surface area contributed by atoms with Crippen LogP contribution in [0.3, 0.4) is 0 Å². The second-order valence-corrected chi connectivity index (χ2v) is 14.3. The molecule has 0 aliphatic carbocycles. The monoisotopic (exact) mass is 731 g/mol. The first-order valence-corrected chi connectivity index (χ1v) is 18.9. The van der Waals surface area contributed by atoms with Crippen LogP contribution in [-0.2, 0) is 0 Å². The van der Waals surface area contributed by atoms with E-state index in [4.69, 9.17) is 28.2 Å². The maximum absolute atomic E-state index is 6.84. The van der Waals surface area contributed by atoms with Gasteiger partial charge in [-0.25, -0.2) is 15.0 Å². The molecule has 0 saturated carbocycles. The van der Waals surface area contributed by atoms with Gasteiger partial charge in [0.15, 0.2) is 17.5 Å². The second-order valence-electron chi connectivity index (χ2n) is 14.3. The Bertz CT molecular complexity index is 3470. The third kappa shape index (κ3) is 5.01. The Kier molecular flexibility index (Phi) is 6.83. The predicted molar refractivity (Wildman–Crippen MR) is 229 cm³/mol. The summed E-state index contributed by atoms with van der Waals surface area (Å²) in [6.07, 6.45) is 0. The van der Waals surface area contributed by atoms with Crippen LogP contribution in [0, 0.1) is 0 Å². The van der Waals surface area contributed by atoms with Crippen LogP contribution in [0.25, 0.3) is 122 Å². The Hall–Kier alpha value is -7.83. The maximum Gasteiger partial charge on any atom is 0.167 e. The minimum atomic E-state index is 0.548. The van der Waals surface area contributed by atoms with E-state index in [2.05, 4.69) is 72.8 Å². The summed E-state index contributed by atoms with van der Waals surface area (Å²) in [7, 11) is 0. The summed E-state index contributed by atoms with van der Waals surface area (Å²) in [5.41, 5.74) is 11.5. The van der Waals surface area contributed by atoms with Crippen molar-refractivity contribution in [2.24, 2.45) is 0 Å². The number of fused-ring (bicyclic) bond motifs is 9. The first kappa shape index (κ1) is 31.5. The van der Waals surface area contributed by atoms with Crippen molar-refractivity contribution in [2.45, 2.75) is 0 Å². The molecular weight excluding hydrogens is 703 g/mol. The van der Waals surface area contributed by atoms with Crippen molar-refractivity contribution >= 4 is 65.8 Å². The summed E-state index contributed by atoms with van der Waals surface area (Å²) in [6.45, 7) is 0. The molecule has 12 aromatic rings. The fourth-order valence-electron chi connectivity index (χ4n) is 8.28. The van der Waals surface area contributed by atoms with E-state index in [1.54, 1.807) is 0 Å². The molecule has 266 valence electrons. The van der Waals surface area contributed by atoms with Gasteiger partial charge < -0.3 is 13.3 Å². The van der Waals surface area contributed by atoms with Crippen LogP contribution in [-0.4, -0.2) is 15.0 Å². The Morgan fingerprint density at radius 1 is 0.281 bits per heavy atom. The summed E-state index contributed by atoms with van der Waals surface area (Å²) in [5.74, 6) is 1.75. The Balaban J connectivity index is 1.06. The topological polar surface area (TPSA) is 78.1 Å². The zero-order valence-electron chi connectivity index (χ0n) is 30.3. The zero-order valence-corrected chi connectivity index (χ0v) is 30.3. The maximum atomic E-state index is 6.84. The average Bonchev–Trinajstić information content (AvgIpc) is 3.97. The van der Waals surface area contributed by atoms with E-state index in [1.165, 1.54) is 0 Å². The van der Waals surface area contributed by atoms with Crippen LogP contribution in [0.4, 0.5) is 0 Å². The first-order valence-electron chi connectivity index (χ1n) is 18.9. The molecule has 0 saturated heterocycles. The van der Waals surface area contributed by atoms with Crippen molar-refractivity contribution < 1.29 is 13.3 Å². The number of hydrogen-bond donors (Lipinski definition) is 0. The lowest BCUT2D eigenvalue weighted by molar-refractivity contribution is 0.668. The molecule has 0 spiro atoms. The lowest BCUT2D eigenvalue weighted by Gasteiger charge is -2.09. The lowest BCUT2D eigenvalue weighted by Crippen LogP contribution is -2.00. The van der Waals surface area contributed by atoms with Crippen LogP contribution in [0.15, 0.2) is 189 Å². The van der Waals surface area contributed by atoms with Gasteiger partial charge in [0.1, 0.15) is 33.5 Å². The Morgan fingerprint density at radius 2 is 0.807 bits per heavy atom. The highest BCUT2D eigenvalue weighted by Crippen LogP contribution is 2.44. The highest BCUT2D eigenvalue weighted by Gasteiger charge is 2.21. The van der Waals surface area contributed by atoms with Crippen molar-refractivity contribution in [2.75, 3.05) is 0 Å². The SMILES string of the molecule is c1ccc(-c2nc(-c3ccccc3)nc(-c3cccc4c3oc3cc(-c5cc(-c6cccc7c6oc6ccccc67)cc6oc7ccccc7c56)ccc34)n2)cc1. The van der Waals surface area contributed by atoms with Gasteiger partial charge in [-0.3, -0.25) is 0 Å². The van der Waals surface area contributed by atoms with E-state index < -0.39 is 0 Å². The fraction of sp³-hybridized carbons (Fsp3) is 0. The van der Waals surface area contributed by atoms with Gasteiger partial charge in [0.2, 0.25) is 0 Å². The Morgan fingerprint density at radius 3 is 1.53 bits per heavy atom. The summed E-state index contributed by atoms with van der Waals surface area (Å²) >= 11 is 0. The van der Waals surface area contributed by atoms with Gasteiger partial charge in [0.25, 0.3) is 0 Å². The number of aromatic nitrogens is 3. The van der Waals surface area contributed by atoms with Gasteiger partial charge in [-0.1, -0.05) is 133 Å². The first-order chi connectivity index (χ1) is 28.2. The molecule has 0 amide bonds. The van der Waals surface area contributed by atoms with Crippen molar-refractivity contribution in [1.29, 1.82) is 0 Å². The largest absolute Gasteiger partial charge is 0.456 e. The van der Waals surface area contributed by atoms with Gasteiger partial charge in [0, 0.05) is 49.0 Å². The molecule has 12 rings (SSSR count). The summed E-state index contributed by atoms with van der Waals surface area (Å²) < 4.78 is 19.9. The van der Waals surface area contributed by atoms with Crippen LogP contribution < -0.4 is 0 Å². The minimum Gasteiger partial charge on any atom is -0.456 e. The molecule has 8 aromatic carbocycles. The third-order valence-electron chi connectivity index (χ3n) is 10.9. The number of nitrogens with zero attached hydrogens (tertiary/aromatic N) is 3. The molecule has 6 heteroatoms. The minimum absolute atomic E-state index is 0.548. The molecule has 0 aliphatic heterocycles. The molecule has 0 bridgehead atoms. The Labute approximate surface area is 325 Å². The molecular formula is C51H29N3O3. The van der Waals surface area contributed by atoms with Crippen LogP contribution >= 0.6 is 0 Å². The highest BCUT2D eigenvalue weighted by molar-refractivity contribution is 6.17. The van der Waals surface area contributed by atoms with Crippen molar-refractivity contribution in [1.82, 2.24) is 15.0 Å². The van der Waals surface area contributed by atoms with Crippen molar-refractivity contribution in [3.63, 3.8) is 0 Å². The van der Waals surface area contributed by atoms with Gasteiger partial charge in [0.05, 0.1) is 5.56 Å². The van der Waals surface area contributed by atoms with Gasteiger partial charge in [-0.15, -0.1) is 0 Å². The number of benzene rings is 8. The summed E-state index contributed by atoms with van der Waals surface area (Å²) in [6, 6.07) is 59.8. The van der Waals surface area contributed by atoms with E-state index in [1.807, 2.05) is 103 Å². The number of rotatable bonds is 5. The van der Waals surface area contributed by atoms with E-state index in [0.717, 1.165) is 105 Å². The molecule has 4 aromatic heterocycles. The third-order valence-corrected chi connectivity index (χ3v) is 10.9. The van der Waals surface area contributed by atoms with Gasteiger partial charge in [-0.05, 0) is 59.2 Å². The fourth-order valence-corrected chi connectivity index (χ4v) is 8.28. The highest BCUT2D eigenvalue weighted by atomic mass is 16.3. The molecule has 0 aliphatic rings. The molecule has 57 heavy (non-hydrogen) atoms. The molecule has 0 unspecified atom stereocenters. The average molecular weight is 732 g/mol. The number of para-hydroxylation sites is 4. The van der Waals surface area contributed by atoms with Crippen LogP contribution in [0.2, 0.25) is 0 Å². The molecule has 0 fully saturated rings. The van der Waals surface area contributed by atoms with Crippen LogP contribution in [0.5, 0.6) is 0 Å². The van der Waals surface area contributed by atoms with Crippen LogP contribution in [0.1, 0.15) is 0 Å². The number of furan rings is 3. The molecule has 6 nitrogen and oxygen atoms in total.